The monoisotopic (exact) mass is 308 g/mol. The van der Waals surface area contributed by atoms with Gasteiger partial charge in [-0.25, -0.2) is 4.98 Å². The Bertz CT molecular complexity index is 506. The summed E-state index contributed by atoms with van der Waals surface area (Å²) < 4.78 is 50.2. The van der Waals surface area contributed by atoms with Gasteiger partial charge in [0.15, 0.2) is 5.75 Å². The molecule has 0 bridgehead atoms. The van der Waals surface area contributed by atoms with Crippen LogP contribution >= 0.6 is 0 Å². The molecule has 0 aliphatic carbocycles. The van der Waals surface area contributed by atoms with Crippen LogP contribution < -0.4 is 15.2 Å². The first-order valence-electron chi connectivity index (χ1n) is 5.99. The maximum atomic E-state index is 12.3. The van der Waals surface area contributed by atoms with Gasteiger partial charge in [-0.05, 0) is 18.6 Å². The second-order valence-electron chi connectivity index (χ2n) is 3.84. The lowest BCUT2D eigenvalue weighted by Crippen LogP contribution is -2.20. The molecule has 1 rings (SSSR count). The predicted octanol–water partition coefficient (Wildman–Crippen LogP) is 1.55. The molecule has 0 saturated heterocycles. The summed E-state index contributed by atoms with van der Waals surface area (Å²) in [6, 6.07) is 1.25. The Kier molecular flexibility index (Phi) is 5.77. The van der Waals surface area contributed by atoms with Crippen molar-refractivity contribution in [3.63, 3.8) is 0 Å². The summed E-state index contributed by atoms with van der Waals surface area (Å²) in [5.41, 5.74) is 5.91. The molecule has 0 spiro atoms. The molecule has 9 heteroatoms. The fourth-order valence-electron chi connectivity index (χ4n) is 1.56. The average Bonchev–Trinajstić information content (AvgIpc) is 2.37. The number of methoxy groups -OCH3 is 1. The van der Waals surface area contributed by atoms with Crippen molar-refractivity contribution in [2.45, 2.75) is 26.3 Å². The first-order chi connectivity index (χ1) is 9.80. The molecule has 0 saturated carbocycles. The molecule has 0 amide bonds. The summed E-state index contributed by atoms with van der Waals surface area (Å²) in [6.45, 7) is 1.74. The smallest absolute Gasteiger partial charge is 0.491 e. The highest BCUT2D eigenvalue weighted by Gasteiger charge is 2.34. The van der Waals surface area contributed by atoms with Gasteiger partial charge in [-0.1, -0.05) is 0 Å². The van der Waals surface area contributed by atoms with Crippen molar-refractivity contribution in [1.82, 2.24) is 4.98 Å². The second-order valence-corrected chi connectivity index (χ2v) is 3.84. The quantitative estimate of drug-likeness (QED) is 0.803. The Balaban J connectivity index is 3.16. The number of pyridine rings is 1. The topological polar surface area (TPSA) is 83.7 Å². The van der Waals surface area contributed by atoms with E-state index in [9.17, 15) is 18.0 Å². The van der Waals surface area contributed by atoms with Gasteiger partial charge < -0.3 is 19.9 Å². The highest BCUT2D eigenvalue weighted by molar-refractivity contribution is 5.72. The van der Waals surface area contributed by atoms with E-state index in [0.29, 0.717) is 5.56 Å². The van der Waals surface area contributed by atoms with Crippen molar-refractivity contribution < 1.29 is 32.2 Å². The number of carbonyl (C=O) groups is 1. The molecule has 1 aromatic rings. The molecule has 2 N–H and O–H groups in total. The van der Waals surface area contributed by atoms with Gasteiger partial charge in [-0.2, -0.15) is 0 Å². The van der Waals surface area contributed by atoms with Crippen molar-refractivity contribution >= 4 is 5.97 Å². The highest BCUT2D eigenvalue weighted by Crippen LogP contribution is 2.32. The molecule has 0 atom stereocenters. The van der Waals surface area contributed by atoms with Crippen LogP contribution in [-0.4, -0.2) is 31.0 Å². The van der Waals surface area contributed by atoms with Gasteiger partial charge in [0.05, 0.1) is 25.8 Å². The SMILES string of the molecule is CCOC(=O)Cc1nc(OC(F)(F)F)c(OC)cc1CN. The van der Waals surface area contributed by atoms with Gasteiger partial charge in [0, 0.05) is 6.54 Å². The third kappa shape index (κ3) is 5.10. The number of halogens is 3. The summed E-state index contributed by atoms with van der Waals surface area (Å²) in [6.07, 6.45) is -5.23. The van der Waals surface area contributed by atoms with Crippen LogP contribution in [0.4, 0.5) is 13.2 Å². The molecule has 0 aliphatic heterocycles. The van der Waals surface area contributed by atoms with E-state index in [1.54, 1.807) is 6.92 Å². The van der Waals surface area contributed by atoms with Crippen molar-refractivity contribution in [2.24, 2.45) is 5.73 Å². The summed E-state index contributed by atoms with van der Waals surface area (Å²) in [5, 5.41) is 0. The van der Waals surface area contributed by atoms with Crippen LogP contribution in [0.2, 0.25) is 0 Å². The van der Waals surface area contributed by atoms with E-state index in [1.165, 1.54) is 13.2 Å². The van der Waals surface area contributed by atoms with Crippen molar-refractivity contribution in [1.29, 1.82) is 0 Å². The van der Waals surface area contributed by atoms with Crippen LogP contribution in [0.15, 0.2) is 6.07 Å². The minimum Gasteiger partial charge on any atom is -0.491 e. The van der Waals surface area contributed by atoms with Gasteiger partial charge in [0.25, 0.3) is 5.88 Å². The van der Waals surface area contributed by atoms with Crippen LogP contribution in [0.1, 0.15) is 18.2 Å². The molecule has 1 heterocycles. The van der Waals surface area contributed by atoms with Crippen molar-refractivity contribution in [3.05, 3.63) is 17.3 Å². The molecule has 0 fully saturated rings. The van der Waals surface area contributed by atoms with Gasteiger partial charge in [-0.15, -0.1) is 13.2 Å². The predicted molar refractivity (Wildman–Crippen MR) is 65.7 cm³/mol. The number of carbonyl (C=O) groups excluding carboxylic acids is 1. The number of hydrogen-bond donors (Lipinski definition) is 1. The standard InChI is InChI=1S/C12H15F3N2O4/c1-3-20-10(18)5-8-7(6-16)4-9(19-2)11(17-8)21-12(13,14)15/h4H,3,5-6,16H2,1-2H3. The molecule has 0 aliphatic rings. The summed E-state index contributed by atoms with van der Waals surface area (Å²) >= 11 is 0. The van der Waals surface area contributed by atoms with Crippen molar-refractivity contribution in [2.75, 3.05) is 13.7 Å². The Morgan fingerprint density at radius 3 is 2.57 bits per heavy atom. The van der Waals surface area contributed by atoms with E-state index >= 15 is 0 Å². The normalized spacial score (nSPS) is 11.1. The number of esters is 1. The van der Waals surface area contributed by atoms with Crippen molar-refractivity contribution in [3.8, 4) is 11.6 Å². The van der Waals surface area contributed by atoms with Crippen LogP contribution in [0.3, 0.4) is 0 Å². The number of nitrogens with zero attached hydrogens (tertiary/aromatic N) is 1. The van der Waals surface area contributed by atoms with Gasteiger partial charge >= 0.3 is 12.3 Å². The number of hydrogen-bond acceptors (Lipinski definition) is 6. The Morgan fingerprint density at radius 2 is 2.10 bits per heavy atom. The zero-order chi connectivity index (χ0) is 16.0. The van der Waals surface area contributed by atoms with Crippen LogP contribution in [0.5, 0.6) is 11.6 Å². The van der Waals surface area contributed by atoms with E-state index in [1.807, 2.05) is 0 Å². The number of rotatable bonds is 6. The van der Waals surface area contributed by atoms with Crippen LogP contribution in [-0.2, 0) is 22.5 Å². The van der Waals surface area contributed by atoms with Crippen LogP contribution in [0.25, 0.3) is 0 Å². The maximum absolute atomic E-state index is 12.3. The molecule has 0 unspecified atom stereocenters. The van der Waals surface area contributed by atoms with Crippen LogP contribution in [0, 0.1) is 0 Å². The molecule has 118 valence electrons. The first-order valence-corrected chi connectivity index (χ1v) is 5.99. The van der Waals surface area contributed by atoms with E-state index in [-0.39, 0.29) is 31.0 Å². The van der Waals surface area contributed by atoms with E-state index in [2.05, 4.69) is 9.72 Å². The maximum Gasteiger partial charge on any atom is 0.574 e. The largest absolute Gasteiger partial charge is 0.574 e. The van der Waals surface area contributed by atoms with E-state index < -0.39 is 18.2 Å². The van der Waals surface area contributed by atoms with E-state index in [0.717, 1.165) is 0 Å². The zero-order valence-electron chi connectivity index (χ0n) is 11.5. The average molecular weight is 308 g/mol. The molecular formula is C12H15F3N2O4. The minimum absolute atomic E-state index is 0.0234. The molecule has 0 radical (unpaired) electrons. The minimum atomic E-state index is -4.92. The molecule has 6 nitrogen and oxygen atoms in total. The molecule has 1 aromatic heterocycles. The van der Waals surface area contributed by atoms with Gasteiger partial charge in [0.2, 0.25) is 0 Å². The molecular weight excluding hydrogens is 293 g/mol. The molecule has 0 aromatic carbocycles. The molecule has 21 heavy (non-hydrogen) atoms. The Hall–Kier alpha value is -2.03. The first kappa shape index (κ1) is 17.0. The summed E-state index contributed by atoms with van der Waals surface area (Å²) in [7, 11) is 1.17. The lowest BCUT2D eigenvalue weighted by atomic mass is 10.1. The number of alkyl halides is 3. The Morgan fingerprint density at radius 1 is 1.43 bits per heavy atom. The fraction of sp³-hybridized carbons (Fsp3) is 0.500. The van der Waals surface area contributed by atoms with E-state index in [4.69, 9.17) is 15.2 Å². The summed E-state index contributed by atoms with van der Waals surface area (Å²) in [5.74, 6) is -1.62. The third-order valence-electron chi connectivity index (χ3n) is 2.39. The fourth-order valence-corrected chi connectivity index (χ4v) is 1.56. The zero-order valence-corrected chi connectivity index (χ0v) is 11.5. The summed E-state index contributed by atoms with van der Waals surface area (Å²) in [4.78, 5) is 15.1. The lowest BCUT2D eigenvalue weighted by Gasteiger charge is -2.15. The van der Waals surface area contributed by atoms with Gasteiger partial charge in [0.1, 0.15) is 0 Å². The van der Waals surface area contributed by atoms with Gasteiger partial charge in [-0.3, -0.25) is 4.79 Å². The number of nitrogens with two attached hydrogens (primary N) is 1. The Labute approximate surface area is 119 Å². The highest BCUT2D eigenvalue weighted by atomic mass is 19.4. The number of ether oxygens (including phenoxy) is 3. The number of aromatic nitrogens is 1. The second kappa shape index (κ2) is 7.11. The lowest BCUT2D eigenvalue weighted by molar-refractivity contribution is -0.276. The third-order valence-corrected chi connectivity index (χ3v) is 2.39.